The Labute approximate surface area is 131 Å². The molecule has 0 aromatic carbocycles. The fraction of sp³-hybridized carbons (Fsp3) is 0.588. The maximum absolute atomic E-state index is 4.72. The van der Waals surface area contributed by atoms with Gasteiger partial charge in [0, 0.05) is 23.8 Å². The number of nitrogens with zero attached hydrogens (tertiary/aromatic N) is 2. The Hall–Kier alpha value is -1.13. The number of aryl methyl sites for hydroxylation is 1. The summed E-state index contributed by atoms with van der Waals surface area (Å²) in [4.78, 5) is 4.72. The highest BCUT2D eigenvalue weighted by atomic mass is 32.1. The fourth-order valence-corrected chi connectivity index (χ4v) is 3.78. The Balaban J connectivity index is 1.66. The van der Waals surface area contributed by atoms with Crippen molar-refractivity contribution in [3.8, 4) is 0 Å². The third-order valence-electron chi connectivity index (χ3n) is 4.06. The summed E-state index contributed by atoms with van der Waals surface area (Å²) in [6.07, 6.45) is 9.51. The van der Waals surface area contributed by atoms with Gasteiger partial charge in [-0.2, -0.15) is 0 Å². The summed E-state index contributed by atoms with van der Waals surface area (Å²) in [5.74, 6) is 0.844. The molecule has 2 aromatic rings. The van der Waals surface area contributed by atoms with Crippen molar-refractivity contribution in [2.75, 3.05) is 6.54 Å². The Morgan fingerprint density at radius 2 is 2.29 bits per heavy atom. The zero-order chi connectivity index (χ0) is 14.7. The van der Waals surface area contributed by atoms with Gasteiger partial charge in [-0.25, -0.2) is 4.98 Å². The maximum Gasteiger partial charge on any atom is 0.0928 e. The highest BCUT2D eigenvalue weighted by molar-refractivity contribution is 7.09. The molecule has 2 aromatic heterocycles. The Morgan fingerprint density at radius 3 is 3.00 bits per heavy atom. The van der Waals surface area contributed by atoms with Crippen LogP contribution in [0.25, 0.3) is 0 Å². The summed E-state index contributed by atoms with van der Waals surface area (Å²) in [6.45, 7) is 6.33. The van der Waals surface area contributed by atoms with Crippen molar-refractivity contribution >= 4 is 11.3 Å². The average Bonchev–Trinajstić information content (AvgIpc) is 3.06. The smallest absolute Gasteiger partial charge is 0.0928 e. The van der Waals surface area contributed by atoms with Crippen LogP contribution in [0.15, 0.2) is 23.8 Å². The minimum absolute atomic E-state index is 0.544. The van der Waals surface area contributed by atoms with Crippen LogP contribution in [0.1, 0.15) is 55.4 Å². The molecule has 0 bridgehead atoms. The summed E-state index contributed by atoms with van der Waals surface area (Å²) in [5, 5.41) is 7.10. The van der Waals surface area contributed by atoms with Crippen molar-refractivity contribution in [3.63, 3.8) is 0 Å². The Morgan fingerprint density at radius 1 is 1.43 bits per heavy atom. The quantitative estimate of drug-likeness (QED) is 0.798. The van der Waals surface area contributed by atoms with Crippen molar-refractivity contribution in [3.05, 3.63) is 40.1 Å². The second-order valence-electron chi connectivity index (χ2n) is 5.97. The topological polar surface area (TPSA) is 29.9 Å². The second kappa shape index (κ2) is 6.75. The molecule has 3 rings (SSSR count). The molecule has 0 amide bonds. The van der Waals surface area contributed by atoms with E-state index >= 15 is 0 Å². The van der Waals surface area contributed by atoms with Crippen LogP contribution in [0.3, 0.4) is 0 Å². The van der Waals surface area contributed by atoms with Crippen LogP contribution < -0.4 is 5.32 Å². The van der Waals surface area contributed by atoms with Gasteiger partial charge in [0.25, 0.3) is 0 Å². The van der Waals surface area contributed by atoms with Gasteiger partial charge in [-0.15, -0.1) is 11.3 Å². The Bertz CT molecular complexity index is 568. The lowest BCUT2D eigenvalue weighted by molar-refractivity contribution is 0.495. The number of thiazole rings is 1. The van der Waals surface area contributed by atoms with Gasteiger partial charge in [0.2, 0.25) is 0 Å². The first kappa shape index (κ1) is 14.8. The van der Waals surface area contributed by atoms with Gasteiger partial charge >= 0.3 is 0 Å². The number of hydrogen-bond acceptors (Lipinski definition) is 3. The predicted octanol–water partition coefficient (Wildman–Crippen LogP) is 4.01. The molecule has 0 spiro atoms. The van der Waals surface area contributed by atoms with Crippen LogP contribution in [-0.2, 0) is 13.0 Å². The van der Waals surface area contributed by atoms with Crippen LogP contribution in [0.4, 0.5) is 0 Å². The average molecular weight is 303 g/mol. The van der Waals surface area contributed by atoms with Crippen molar-refractivity contribution in [1.29, 1.82) is 0 Å². The fourth-order valence-electron chi connectivity index (χ4n) is 2.89. The first-order valence-corrected chi connectivity index (χ1v) is 9.00. The van der Waals surface area contributed by atoms with Crippen LogP contribution in [-0.4, -0.2) is 16.1 Å². The van der Waals surface area contributed by atoms with Gasteiger partial charge in [-0.3, -0.25) is 0 Å². The molecule has 1 saturated carbocycles. The molecule has 3 nitrogen and oxygen atoms in total. The molecule has 1 fully saturated rings. The monoisotopic (exact) mass is 303 g/mol. The number of rotatable bonds is 8. The molecule has 1 unspecified atom stereocenters. The number of aromatic nitrogens is 2. The Kier molecular flexibility index (Phi) is 4.76. The molecule has 1 aliphatic rings. The SMILES string of the molecule is CCCc1nc(Cn2ccc(C(NCC)C3CC3)c2)cs1. The van der Waals surface area contributed by atoms with Crippen LogP contribution in [0.2, 0.25) is 0 Å². The second-order valence-corrected chi connectivity index (χ2v) is 6.92. The van der Waals surface area contributed by atoms with E-state index < -0.39 is 0 Å². The van der Waals surface area contributed by atoms with Gasteiger partial charge in [-0.05, 0) is 49.8 Å². The van der Waals surface area contributed by atoms with Crippen LogP contribution in [0.5, 0.6) is 0 Å². The lowest BCUT2D eigenvalue weighted by Crippen LogP contribution is -2.22. The van der Waals surface area contributed by atoms with E-state index in [0.717, 1.165) is 25.4 Å². The van der Waals surface area contributed by atoms with E-state index in [1.165, 1.54) is 35.5 Å². The lowest BCUT2D eigenvalue weighted by atomic mass is 10.1. The van der Waals surface area contributed by atoms with E-state index in [1.807, 2.05) is 0 Å². The van der Waals surface area contributed by atoms with E-state index in [-0.39, 0.29) is 0 Å². The van der Waals surface area contributed by atoms with E-state index in [4.69, 9.17) is 4.98 Å². The highest BCUT2D eigenvalue weighted by Crippen LogP contribution is 2.41. The molecule has 114 valence electrons. The zero-order valence-corrected chi connectivity index (χ0v) is 13.8. The first-order chi connectivity index (χ1) is 10.3. The molecule has 1 aliphatic carbocycles. The van der Waals surface area contributed by atoms with E-state index in [1.54, 1.807) is 11.3 Å². The largest absolute Gasteiger partial charge is 0.348 e. The van der Waals surface area contributed by atoms with Crippen LogP contribution >= 0.6 is 11.3 Å². The van der Waals surface area contributed by atoms with Crippen molar-refractivity contribution in [1.82, 2.24) is 14.9 Å². The van der Waals surface area contributed by atoms with Gasteiger partial charge in [0.05, 0.1) is 17.2 Å². The van der Waals surface area contributed by atoms with Crippen molar-refractivity contribution < 1.29 is 0 Å². The molecule has 21 heavy (non-hydrogen) atoms. The number of nitrogens with one attached hydrogen (secondary N) is 1. The van der Waals surface area contributed by atoms with E-state index in [9.17, 15) is 0 Å². The van der Waals surface area contributed by atoms with E-state index in [2.05, 4.69) is 47.6 Å². The molecule has 1 N–H and O–H groups in total. The third-order valence-corrected chi connectivity index (χ3v) is 5.02. The summed E-state index contributed by atoms with van der Waals surface area (Å²) >= 11 is 1.79. The lowest BCUT2D eigenvalue weighted by Gasteiger charge is -2.15. The molecule has 0 saturated heterocycles. The summed E-state index contributed by atoms with van der Waals surface area (Å²) in [7, 11) is 0. The van der Waals surface area contributed by atoms with Gasteiger partial charge < -0.3 is 9.88 Å². The van der Waals surface area contributed by atoms with Crippen LogP contribution in [0, 0.1) is 5.92 Å². The minimum Gasteiger partial charge on any atom is -0.348 e. The minimum atomic E-state index is 0.544. The van der Waals surface area contributed by atoms with Gasteiger partial charge in [0.15, 0.2) is 0 Å². The maximum atomic E-state index is 4.72. The zero-order valence-electron chi connectivity index (χ0n) is 13.0. The van der Waals surface area contributed by atoms with E-state index in [0.29, 0.717) is 6.04 Å². The third kappa shape index (κ3) is 3.74. The summed E-state index contributed by atoms with van der Waals surface area (Å²) < 4.78 is 2.27. The summed E-state index contributed by atoms with van der Waals surface area (Å²) in [6, 6.07) is 2.81. The van der Waals surface area contributed by atoms with Crippen molar-refractivity contribution in [2.24, 2.45) is 5.92 Å². The predicted molar refractivity (Wildman–Crippen MR) is 88.8 cm³/mol. The number of hydrogen-bond donors (Lipinski definition) is 1. The highest BCUT2D eigenvalue weighted by Gasteiger charge is 2.32. The van der Waals surface area contributed by atoms with Crippen molar-refractivity contribution in [2.45, 2.75) is 52.1 Å². The normalized spacial score (nSPS) is 16.3. The molecule has 0 aliphatic heterocycles. The summed E-state index contributed by atoms with van der Waals surface area (Å²) in [5.41, 5.74) is 2.63. The molecule has 4 heteroatoms. The first-order valence-electron chi connectivity index (χ1n) is 8.12. The van der Waals surface area contributed by atoms with Gasteiger partial charge in [0.1, 0.15) is 0 Å². The molecular formula is C17H25N3S. The molecule has 2 heterocycles. The molecule has 0 radical (unpaired) electrons. The van der Waals surface area contributed by atoms with Gasteiger partial charge in [-0.1, -0.05) is 13.8 Å². The molecular weight excluding hydrogens is 278 g/mol. The standard InChI is InChI=1S/C17H25N3S/c1-3-5-16-19-15(12-21-16)11-20-9-8-14(10-20)17(18-4-2)13-6-7-13/h8-10,12-13,17-18H,3-7,11H2,1-2H3. The molecule has 1 atom stereocenters.